The van der Waals surface area contributed by atoms with Crippen molar-refractivity contribution in [3.05, 3.63) is 29.6 Å². The molecule has 0 bridgehead atoms. The summed E-state index contributed by atoms with van der Waals surface area (Å²) in [6, 6.07) is 3.03. The minimum Gasteiger partial charge on any atom is -0.507 e. The van der Waals surface area contributed by atoms with Gasteiger partial charge in [0.1, 0.15) is 11.6 Å². The number of amides is 1. The number of rotatable bonds is 5. The second-order valence-corrected chi connectivity index (χ2v) is 6.85. The highest BCUT2D eigenvalue weighted by Crippen LogP contribution is 2.17. The smallest absolute Gasteiger partial charge is 0.255 e. The first-order valence-corrected chi connectivity index (χ1v) is 7.65. The summed E-state index contributed by atoms with van der Waals surface area (Å²) in [7, 11) is -3.41. The lowest BCUT2D eigenvalue weighted by atomic mass is 10.1. The number of aromatic hydroxyl groups is 1. The van der Waals surface area contributed by atoms with Gasteiger partial charge in [0.05, 0.1) is 11.8 Å². The standard InChI is InChI=1S/C12H17FN2O4S/c1-12(2,15-20(3,18)19)7-14-11(17)9-5-4-8(13)6-10(9)16/h4-6,15-16H,7H2,1-3H3,(H,14,17). The maximum absolute atomic E-state index is 12.8. The Bertz CT molecular complexity index is 614. The fourth-order valence-corrected chi connectivity index (χ4v) is 2.71. The van der Waals surface area contributed by atoms with E-state index in [-0.39, 0.29) is 12.1 Å². The van der Waals surface area contributed by atoms with Gasteiger partial charge in [-0.05, 0) is 26.0 Å². The van der Waals surface area contributed by atoms with Crippen molar-refractivity contribution >= 4 is 15.9 Å². The molecule has 0 fully saturated rings. The average molecular weight is 304 g/mol. The zero-order valence-electron chi connectivity index (χ0n) is 11.4. The second kappa shape index (κ2) is 5.76. The van der Waals surface area contributed by atoms with E-state index in [1.54, 1.807) is 13.8 Å². The number of benzene rings is 1. The number of carbonyl (C=O) groups excluding carboxylic acids is 1. The molecule has 8 heteroatoms. The van der Waals surface area contributed by atoms with Gasteiger partial charge in [-0.15, -0.1) is 0 Å². The molecule has 0 aliphatic carbocycles. The van der Waals surface area contributed by atoms with Crippen molar-refractivity contribution in [2.24, 2.45) is 0 Å². The topological polar surface area (TPSA) is 95.5 Å². The molecule has 1 aromatic rings. The van der Waals surface area contributed by atoms with E-state index in [9.17, 15) is 22.7 Å². The molecule has 0 aliphatic heterocycles. The van der Waals surface area contributed by atoms with E-state index in [4.69, 9.17) is 0 Å². The minimum atomic E-state index is -3.41. The van der Waals surface area contributed by atoms with Crippen molar-refractivity contribution in [3.8, 4) is 5.75 Å². The molecule has 0 unspecified atom stereocenters. The molecule has 3 N–H and O–H groups in total. The van der Waals surface area contributed by atoms with Crippen LogP contribution in [0.5, 0.6) is 5.75 Å². The van der Waals surface area contributed by atoms with Gasteiger partial charge in [0.15, 0.2) is 0 Å². The third-order valence-electron chi connectivity index (χ3n) is 2.36. The molecular formula is C12H17FN2O4S. The summed E-state index contributed by atoms with van der Waals surface area (Å²) >= 11 is 0. The highest BCUT2D eigenvalue weighted by atomic mass is 32.2. The maximum Gasteiger partial charge on any atom is 0.255 e. The lowest BCUT2D eigenvalue weighted by Crippen LogP contribution is -2.51. The Morgan fingerprint density at radius 1 is 1.40 bits per heavy atom. The van der Waals surface area contributed by atoms with Crippen LogP contribution < -0.4 is 10.0 Å². The number of hydrogen-bond acceptors (Lipinski definition) is 4. The summed E-state index contributed by atoms with van der Waals surface area (Å²) in [5, 5.41) is 11.9. The number of hydrogen-bond donors (Lipinski definition) is 3. The van der Waals surface area contributed by atoms with E-state index in [1.165, 1.54) is 0 Å². The molecule has 0 saturated carbocycles. The highest BCUT2D eigenvalue weighted by molar-refractivity contribution is 7.88. The summed E-state index contributed by atoms with van der Waals surface area (Å²) in [6.45, 7) is 3.20. The van der Waals surface area contributed by atoms with Gasteiger partial charge in [-0.25, -0.2) is 17.5 Å². The summed E-state index contributed by atoms with van der Waals surface area (Å²) in [5.41, 5.74) is -0.972. The number of phenols is 1. The van der Waals surface area contributed by atoms with Gasteiger partial charge >= 0.3 is 0 Å². The molecule has 6 nitrogen and oxygen atoms in total. The number of nitrogens with one attached hydrogen (secondary N) is 2. The number of carbonyl (C=O) groups is 1. The Morgan fingerprint density at radius 3 is 2.50 bits per heavy atom. The Labute approximate surface area is 117 Å². The van der Waals surface area contributed by atoms with Crippen molar-refractivity contribution in [1.29, 1.82) is 0 Å². The Kier molecular flexibility index (Phi) is 4.72. The summed E-state index contributed by atoms with van der Waals surface area (Å²) < 4.78 is 37.5. The third-order valence-corrected chi connectivity index (χ3v) is 3.28. The fourth-order valence-electron chi connectivity index (χ4n) is 1.63. The van der Waals surface area contributed by atoms with Crippen molar-refractivity contribution < 1.29 is 22.7 Å². The van der Waals surface area contributed by atoms with Crippen LogP contribution in [0.15, 0.2) is 18.2 Å². The first kappa shape index (κ1) is 16.4. The monoisotopic (exact) mass is 304 g/mol. The lowest BCUT2D eigenvalue weighted by molar-refractivity contribution is 0.0941. The lowest BCUT2D eigenvalue weighted by Gasteiger charge is -2.25. The fraction of sp³-hybridized carbons (Fsp3) is 0.417. The molecule has 0 radical (unpaired) electrons. The van der Waals surface area contributed by atoms with Crippen LogP contribution in [0.3, 0.4) is 0 Å². The molecule has 0 atom stereocenters. The second-order valence-electron chi connectivity index (χ2n) is 5.10. The van der Waals surface area contributed by atoms with E-state index in [1.807, 2.05) is 0 Å². The number of sulfonamides is 1. The van der Waals surface area contributed by atoms with Gasteiger partial charge in [0.25, 0.3) is 5.91 Å². The van der Waals surface area contributed by atoms with Crippen molar-refractivity contribution in [3.63, 3.8) is 0 Å². The average Bonchev–Trinajstić information content (AvgIpc) is 2.22. The quantitative estimate of drug-likeness (QED) is 0.742. The summed E-state index contributed by atoms with van der Waals surface area (Å²) in [6.07, 6.45) is 1.02. The van der Waals surface area contributed by atoms with Crippen molar-refractivity contribution in [1.82, 2.24) is 10.0 Å². The van der Waals surface area contributed by atoms with Gasteiger partial charge in [-0.3, -0.25) is 4.79 Å². The normalized spacial score (nSPS) is 12.2. The zero-order valence-corrected chi connectivity index (χ0v) is 12.2. The first-order chi connectivity index (χ1) is 9.00. The molecule has 0 heterocycles. The molecule has 0 spiro atoms. The molecule has 1 amide bonds. The van der Waals surface area contributed by atoms with Crippen molar-refractivity contribution in [2.45, 2.75) is 19.4 Å². The molecular weight excluding hydrogens is 287 g/mol. The van der Waals surface area contributed by atoms with Gasteiger partial charge in [-0.1, -0.05) is 0 Å². The minimum absolute atomic E-state index is 0.00964. The van der Waals surface area contributed by atoms with Crippen LogP contribution in [0.1, 0.15) is 24.2 Å². The van der Waals surface area contributed by atoms with Gasteiger partial charge in [0, 0.05) is 18.2 Å². The van der Waals surface area contributed by atoms with Crippen LogP contribution in [-0.2, 0) is 10.0 Å². The third kappa shape index (κ3) is 5.14. The predicted octanol–water partition coefficient (Wildman–Crippen LogP) is 0.589. The zero-order chi connectivity index (χ0) is 15.6. The van der Waals surface area contributed by atoms with Crippen LogP contribution in [0, 0.1) is 5.82 Å². The van der Waals surface area contributed by atoms with Crippen LogP contribution in [-0.4, -0.2) is 37.8 Å². The largest absolute Gasteiger partial charge is 0.507 e. The van der Waals surface area contributed by atoms with E-state index in [0.717, 1.165) is 24.5 Å². The van der Waals surface area contributed by atoms with Gasteiger partial charge in [-0.2, -0.15) is 0 Å². The van der Waals surface area contributed by atoms with E-state index in [2.05, 4.69) is 10.0 Å². The first-order valence-electron chi connectivity index (χ1n) is 5.76. The van der Waals surface area contributed by atoms with Crippen LogP contribution in [0.2, 0.25) is 0 Å². The summed E-state index contributed by atoms with van der Waals surface area (Å²) in [5.74, 6) is -1.75. The van der Waals surface area contributed by atoms with Crippen LogP contribution in [0.4, 0.5) is 4.39 Å². The Hall–Kier alpha value is -1.67. The van der Waals surface area contributed by atoms with Crippen LogP contribution >= 0.6 is 0 Å². The van der Waals surface area contributed by atoms with Gasteiger partial charge in [0.2, 0.25) is 10.0 Å². The molecule has 112 valence electrons. The molecule has 0 saturated heterocycles. The molecule has 0 aliphatic rings. The molecule has 20 heavy (non-hydrogen) atoms. The summed E-state index contributed by atoms with van der Waals surface area (Å²) in [4.78, 5) is 11.8. The Morgan fingerprint density at radius 2 is 2.00 bits per heavy atom. The van der Waals surface area contributed by atoms with Crippen molar-refractivity contribution in [2.75, 3.05) is 12.8 Å². The maximum atomic E-state index is 12.8. The van der Waals surface area contributed by atoms with E-state index < -0.39 is 33.0 Å². The molecule has 1 aromatic carbocycles. The number of halogens is 1. The highest BCUT2D eigenvalue weighted by Gasteiger charge is 2.23. The van der Waals surface area contributed by atoms with E-state index in [0.29, 0.717) is 0 Å². The Balaban J connectivity index is 2.72. The van der Waals surface area contributed by atoms with Gasteiger partial charge < -0.3 is 10.4 Å². The predicted molar refractivity (Wildman–Crippen MR) is 72.5 cm³/mol. The molecule has 1 rings (SSSR count). The number of phenolic OH excluding ortho intramolecular Hbond substituents is 1. The van der Waals surface area contributed by atoms with Crippen LogP contribution in [0.25, 0.3) is 0 Å². The molecule has 0 aromatic heterocycles. The SMILES string of the molecule is CC(C)(CNC(=O)c1ccc(F)cc1O)NS(C)(=O)=O. The van der Waals surface area contributed by atoms with E-state index >= 15 is 0 Å².